The van der Waals surface area contributed by atoms with Gasteiger partial charge >= 0.3 is 0 Å². The van der Waals surface area contributed by atoms with E-state index in [-0.39, 0.29) is 18.5 Å². The van der Waals surface area contributed by atoms with E-state index in [9.17, 15) is 13.2 Å². The number of amides is 1. The van der Waals surface area contributed by atoms with E-state index in [0.29, 0.717) is 26.2 Å². The van der Waals surface area contributed by atoms with Crippen LogP contribution in [0, 0.1) is 0 Å². The van der Waals surface area contributed by atoms with Gasteiger partial charge in [-0.1, -0.05) is 60.7 Å². The fraction of sp³-hybridized carbons (Fsp3) is 0.318. The van der Waals surface area contributed by atoms with Crippen LogP contribution in [0.2, 0.25) is 0 Å². The van der Waals surface area contributed by atoms with Gasteiger partial charge in [-0.2, -0.15) is 4.31 Å². The Morgan fingerprint density at radius 3 is 2.21 bits per heavy atom. The van der Waals surface area contributed by atoms with Crippen molar-refractivity contribution in [1.29, 1.82) is 0 Å². The third-order valence-electron chi connectivity index (χ3n) is 4.97. The first-order valence-electron chi connectivity index (χ1n) is 9.74. The summed E-state index contributed by atoms with van der Waals surface area (Å²) in [4.78, 5) is 14.3. The molecule has 7 heteroatoms. The predicted molar refractivity (Wildman–Crippen MR) is 115 cm³/mol. The van der Waals surface area contributed by atoms with E-state index in [2.05, 4.69) is 5.32 Å². The molecule has 0 bridgehead atoms. The van der Waals surface area contributed by atoms with E-state index in [1.807, 2.05) is 72.5 Å². The summed E-state index contributed by atoms with van der Waals surface area (Å²) in [5.74, 6) is -0.0540. The standard InChI is InChI=1S/C22H27N3O3S/c1-19(21-10-6-3-7-11-21)23-22(26)18-24-13-15-25(16-14-24)29(27,28)17-12-20-8-4-2-5-9-20/h2-12,17,19H,13-16,18H2,1H3,(H,23,26)/b17-12+/t19-/m1/s1. The molecule has 0 aromatic heterocycles. The summed E-state index contributed by atoms with van der Waals surface area (Å²) in [6.07, 6.45) is 1.61. The third kappa shape index (κ3) is 6.25. The molecule has 29 heavy (non-hydrogen) atoms. The van der Waals surface area contributed by atoms with Gasteiger partial charge in [0.25, 0.3) is 0 Å². The van der Waals surface area contributed by atoms with E-state index in [1.54, 1.807) is 6.08 Å². The second kappa shape index (κ2) is 9.82. The number of nitrogens with zero attached hydrogens (tertiary/aromatic N) is 2. The van der Waals surface area contributed by atoms with Crippen molar-refractivity contribution in [1.82, 2.24) is 14.5 Å². The molecule has 1 heterocycles. The highest BCUT2D eigenvalue weighted by Crippen LogP contribution is 2.13. The lowest BCUT2D eigenvalue weighted by Crippen LogP contribution is -2.50. The first-order chi connectivity index (χ1) is 13.9. The molecule has 0 spiro atoms. The van der Waals surface area contributed by atoms with Gasteiger partial charge in [0, 0.05) is 31.6 Å². The van der Waals surface area contributed by atoms with Gasteiger partial charge in [-0.15, -0.1) is 0 Å². The predicted octanol–water partition coefficient (Wildman–Crippen LogP) is 2.48. The number of benzene rings is 2. The lowest BCUT2D eigenvalue weighted by molar-refractivity contribution is -0.123. The summed E-state index contributed by atoms with van der Waals surface area (Å²) < 4.78 is 26.5. The molecule has 154 valence electrons. The Balaban J connectivity index is 1.47. The van der Waals surface area contributed by atoms with Crippen LogP contribution >= 0.6 is 0 Å². The fourth-order valence-corrected chi connectivity index (χ4v) is 4.45. The van der Waals surface area contributed by atoms with E-state index < -0.39 is 10.0 Å². The molecule has 0 unspecified atom stereocenters. The van der Waals surface area contributed by atoms with E-state index in [0.717, 1.165) is 11.1 Å². The van der Waals surface area contributed by atoms with Crippen molar-refractivity contribution >= 4 is 22.0 Å². The largest absolute Gasteiger partial charge is 0.348 e. The van der Waals surface area contributed by atoms with Crippen molar-refractivity contribution in [2.45, 2.75) is 13.0 Å². The summed E-state index contributed by atoms with van der Waals surface area (Å²) in [6.45, 7) is 4.05. The molecule has 6 nitrogen and oxygen atoms in total. The lowest BCUT2D eigenvalue weighted by Gasteiger charge is -2.33. The molecule has 1 N–H and O–H groups in total. The smallest absolute Gasteiger partial charge is 0.236 e. The lowest BCUT2D eigenvalue weighted by atomic mass is 10.1. The van der Waals surface area contributed by atoms with Crippen molar-refractivity contribution in [2.75, 3.05) is 32.7 Å². The molecule has 2 aromatic rings. The maximum absolute atomic E-state index is 12.5. The first kappa shape index (κ1) is 21.2. The number of piperazine rings is 1. The van der Waals surface area contributed by atoms with Gasteiger partial charge in [0.2, 0.25) is 15.9 Å². The van der Waals surface area contributed by atoms with Gasteiger partial charge in [-0.3, -0.25) is 9.69 Å². The number of rotatable bonds is 7. The molecule has 2 aromatic carbocycles. The summed E-state index contributed by atoms with van der Waals surface area (Å²) in [5.41, 5.74) is 1.90. The Bertz CT molecular complexity index is 922. The normalized spacial score (nSPS) is 17.3. The fourth-order valence-electron chi connectivity index (χ4n) is 3.27. The molecule has 0 saturated carbocycles. The SMILES string of the molecule is C[C@@H](NC(=O)CN1CCN(S(=O)(=O)/C=C/c2ccccc2)CC1)c1ccccc1. The van der Waals surface area contributed by atoms with Gasteiger partial charge in [0.05, 0.1) is 12.6 Å². The van der Waals surface area contributed by atoms with Crippen molar-refractivity contribution in [2.24, 2.45) is 0 Å². The average molecular weight is 414 g/mol. The third-order valence-corrected chi connectivity index (χ3v) is 6.53. The van der Waals surface area contributed by atoms with Crippen LogP contribution < -0.4 is 5.32 Å². The minimum atomic E-state index is -3.46. The maximum Gasteiger partial charge on any atom is 0.236 e. The molecule has 1 aliphatic rings. The summed E-state index contributed by atoms with van der Waals surface area (Å²) in [6, 6.07) is 19.1. The number of hydrogen-bond donors (Lipinski definition) is 1. The summed E-state index contributed by atoms with van der Waals surface area (Å²) in [7, 11) is -3.46. The maximum atomic E-state index is 12.5. The van der Waals surface area contributed by atoms with Crippen LogP contribution in [0.4, 0.5) is 0 Å². The van der Waals surface area contributed by atoms with Crippen LogP contribution in [0.25, 0.3) is 6.08 Å². The number of nitrogens with one attached hydrogen (secondary N) is 1. The monoisotopic (exact) mass is 413 g/mol. The Hall–Kier alpha value is -2.48. The summed E-state index contributed by atoms with van der Waals surface area (Å²) in [5, 5.41) is 4.26. The molecule has 0 aliphatic carbocycles. The van der Waals surface area contributed by atoms with E-state index >= 15 is 0 Å². The number of sulfonamides is 1. The Labute approximate surface area is 172 Å². The molecule has 1 atom stereocenters. The van der Waals surface area contributed by atoms with Crippen LogP contribution in [-0.4, -0.2) is 56.3 Å². The highest BCUT2D eigenvalue weighted by molar-refractivity contribution is 7.92. The van der Waals surface area contributed by atoms with Gasteiger partial charge in [-0.25, -0.2) is 8.42 Å². The zero-order valence-corrected chi connectivity index (χ0v) is 17.4. The van der Waals surface area contributed by atoms with Crippen LogP contribution in [-0.2, 0) is 14.8 Å². The van der Waals surface area contributed by atoms with Gasteiger partial charge < -0.3 is 5.32 Å². The van der Waals surface area contributed by atoms with Gasteiger partial charge in [0.1, 0.15) is 0 Å². The average Bonchev–Trinajstić information content (AvgIpc) is 2.74. The van der Waals surface area contributed by atoms with E-state index in [1.165, 1.54) is 9.71 Å². The second-order valence-corrected chi connectivity index (χ2v) is 8.95. The second-order valence-electron chi connectivity index (χ2n) is 7.13. The highest BCUT2D eigenvalue weighted by atomic mass is 32.2. The summed E-state index contributed by atoms with van der Waals surface area (Å²) >= 11 is 0. The molecule has 3 rings (SSSR count). The van der Waals surface area contributed by atoms with Crippen LogP contribution in [0.5, 0.6) is 0 Å². The molecule has 1 fully saturated rings. The van der Waals surface area contributed by atoms with Crippen molar-refractivity contribution in [3.05, 3.63) is 77.2 Å². The Morgan fingerprint density at radius 2 is 1.59 bits per heavy atom. The van der Waals surface area contributed by atoms with Gasteiger partial charge in [-0.05, 0) is 24.1 Å². The number of carbonyl (C=O) groups is 1. The van der Waals surface area contributed by atoms with Gasteiger partial charge in [0.15, 0.2) is 0 Å². The molecular weight excluding hydrogens is 386 g/mol. The molecule has 1 aliphatic heterocycles. The zero-order chi connectivity index (χ0) is 20.7. The van der Waals surface area contributed by atoms with Crippen molar-refractivity contribution < 1.29 is 13.2 Å². The molecular formula is C22H27N3O3S. The van der Waals surface area contributed by atoms with Crippen molar-refractivity contribution in [3.63, 3.8) is 0 Å². The molecule has 0 radical (unpaired) electrons. The molecule has 1 saturated heterocycles. The zero-order valence-electron chi connectivity index (χ0n) is 16.6. The van der Waals surface area contributed by atoms with Crippen LogP contribution in [0.15, 0.2) is 66.1 Å². The highest BCUT2D eigenvalue weighted by Gasteiger charge is 2.26. The van der Waals surface area contributed by atoms with Crippen LogP contribution in [0.1, 0.15) is 24.1 Å². The Morgan fingerprint density at radius 1 is 1.00 bits per heavy atom. The van der Waals surface area contributed by atoms with Crippen molar-refractivity contribution in [3.8, 4) is 0 Å². The van der Waals surface area contributed by atoms with Crippen LogP contribution in [0.3, 0.4) is 0 Å². The number of hydrogen-bond acceptors (Lipinski definition) is 4. The molecule has 1 amide bonds. The topological polar surface area (TPSA) is 69.7 Å². The minimum Gasteiger partial charge on any atom is -0.348 e. The van der Waals surface area contributed by atoms with E-state index in [4.69, 9.17) is 0 Å². The Kier molecular flexibility index (Phi) is 7.19. The number of carbonyl (C=O) groups excluding carboxylic acids is 1. The quantitative estimate of drug-likeness (QED) is 0.757. The first-order valence-corrected chi connectivity index (χ1v) is 11.2. The minimum absolute atomic E-state index is 0.0540.